The lowest BCUT2D eigenvalue weighted by atomic mass is 10.3. The molecule has 0 aliphatic heterocycles. The first kappa shape index (κ1) is 15.4. The topological polar surface area (TPSA) is 62.2 Å². The van der Waals surface area contributed by atoms with E-state index in [0.29, 0.717) is 18.5 Å². The highest BCUT2D eigenvalue weighted by molar-refractivity contribution is 8.10. The Morgan fingerprint density at radius 2 is 1.83 bits per heavy atom. The molecule has 7 heteroatoms. The minimum Gasteiger partial charge on any atom is -0.443 e. The molecular formula is C11H18NO4PS. The van der Waals surface area contributed by atoms with Crippen molar-refractivity contribution >= 4 is 24.0 Å². The molecule has 0 radical (unpaired) electrons. The van der Waals surface area contributed by atoms with Gasteiger partial charge in [-0.05, 0) is 49.4 Å². The van der Waals surface area contributed by atoms with Gasteiger partial charge in [0.15, 0.2) is 0 Å². The van der Waals surface area contributed by atoms with Crippen molar-refractivity contribution in [2.75, 3.05) is 18.0 Å². The molecule has 0 aliphatic rings. The fourth-order valence-corrected chi connectivity index (χ4v) is 4.19. The maximum atomic E-state index is 8.83. The molecule has 0 spiro atoms. The first-order chi connectivity index (χ1) is 8.50. The van der Waals surface area contributed by atoms with Gasteiger partial charge in [-0.2, -0.15) is 0 Å². The summed E-state index contributed by atoms with van der Waals surface area (Å²) in [5.74, 6) is 0.575. The Labute approximate surface area is 112 Å². The molecule has 2 N–H and O–H groups in total. The maximum Gasteiger partial charge on any atom is 0.238 e. The van der Waals surface area contributed by atoms with E-state index in [2.05, 4.69) is 0 Å². The highest BCUT2D eigenvalue weighted by Crippen LogP contribution is 2.49. The van der Waals surface area contributed by atoms with Crippen LogP contribution >= 0.6 is 6.49 Å². The lowest BCUT2D eigenvalue weighted by Crippen LogP contribution is -2.10. The summed E-state index contributed by atoms with van der Waals surface area (Å²) in [7, 11) is 0. The highest BCUT2D eigenvalue weighted by atomic mass is 32.5. The minimum absolute atomic E-state index is 0.0501. The van der Waals surface area contributed by atoms with E-state index in [-0.39, 0.29) is 10.9 Å². The van der Waals surface area contributed by atoms with Crippen LogP contribution in [0.25, 0.3) is 0 Å². The molecule has 18 heavy (non-hydrogen) atoms. The highest BCUT2D eigenvalue weighted by Gasteiger charge is 2.18. The van der Waals surface area contributed by atoms with Crippen LogP contribution in [0.5, 0.6) is 5.75 Å². The van der Waals surface area contributed by atoms with Crippen molar-refractivity contribution in [2.24, 2.45) is 0 Å². The Balaban J connectivity index is 2.78. The minimum atomic E-state index is -2.29. The van der Waals surface area contributed by atoms with Gasteiger partial charge in [0.05, 0.1) is 12.3 Å². The van der Waals surface area contributed by atoms with Crippen molar-refractivity contribution in [3.63, 3.8) is 0 Å². The predicted octanol–water partition coefficient (Wildman–Crippen LogP) is 3.41. The molecule has 0 aliphatic carbocycles. The molecule has 1 rings (SSSR count). The second-order valence-electron chi connectivity index (χ2n) is 3.63. The number of nitrogens with zero attached hydrogens (tertiary/aromatic N) is 1. The first-order valence-corrected chi connectivity index (χ1v) is 8.54. The van der Waals surface area contributed by atoms with Crippen molar-refractivity contribution in [1.82, 2.24) is 0 Å². The number of hydrogen-bond acceptors (Lipinski definition) is 6. The van der Waals surface area contributed by atoms with E-state index in [4.69, 9.17) is 31.3 Å². The molecule has 1 unspecified atom stereocenters. The van der Waals surface area contributed by atoms with Crippen LogP contribution in [0, 0.1) is 0 Å². The van der Waals surface area contributed by atoms with Gasteiger partial charge >= 0.3 is 0 Å². The molecule has 0 heterocycles. The molecule has 1 aromatic carbocycles. The van der Waals surface area contributed by atoms with Crippen LogP contribution in [0.1, 0.15) is 20.3 Å². The van der Waals surface area contributed by atoms with E-state index in [1.165, 1.54) is 12.1 Å². The van der Waals surface area contributed by atoms with Crippen molar-refractivity contribution in [3.05, 3.63) is 24.3 Å². The summed E-state index contributed by atoms with van der Waals surface area (Å²) in [6.45, 7) is 2.16. The van der Waals surface area contributed by atoms with Crippen LogP contribution < -0.4 is 9.75 Å². The van der Waals surface area contributed by atoms with Gasteiger partial charge in [0, 0.05) is 6.16 Å². The third kappa shape index (κ3) is 4.55. The fourth-order valence-electron chi connectivity index (χ4n) is 1.41. The van der Waals surface area contributed by atoms with Crippen LogP contribution in [-0.4, -0.2) is 23.2 Å². The SMILES string of the molecule is CCCP(=S)(OCC)Oc1ccc(N(O)O)cc1. The van der Waals surface area contributed by atoms with Gasteiger partial charge in [-0.25, -0.2) is 0 Å². The molecule has 0 amide bonds. The standard InChI is InChI=1S/C11H18NO4PS/c1-3-9-17(18,15-4-2)16-11-7-5-10(6-8-11)12(13)14/h5-8,13-14H,3-4,9H2,1-2H3. The number of rotatable bonds is 7. The van der Waals surface area contributed by atoms with Crippen LogP contribution in [0.4, 0.5) is 5.69 Å². The van der Waals surface area contributed by atoms with E-state index in [9.17, 15) is 0 Å². The van der Waals surface area contributed by atoms with Crippen molar-refractivity contribution in [1.29, 1.82) is 0 Å². The van der Waals surface area contributed by atoms with Crippen LogP contribution in [0.2, 0.25) is 0 Å². The van der Waals surface area contributed by atoms with Crippen LogP contribution in [-0.2, 0) is 16.3 Å². The number of anilines is 1. The van der Waals surface area contributed by atoms with Gasteiger partial charge in [-0.1, -0.05) is 6.92 Å². The molecule has 0 bridgehead atoms. The number of benzene rings is 1. The monoisotopic (exact) mass is 291 g/mol. The third-order valence-electron chi connectivity index (χ3n) is 2.14. The molecule has 5 nitrogen and oxygen atoms in total. The maximum absolute atomic E-state index is 8.83. The number of hydrogen-bond donors (Lipinski definition) is 2. The first-order valence-electron chi connectivity index (χ1n) is 5.72. The zero-order chi connectivity index (χ0) is 13.6. The molecule has 102 valence electrons. The zero-order valence-corrected chi connectivity index (χ0v) is 12.2. The summed E-state index contributed by atoms with van der Waals surface area (Å²) in [6.07, 6.45) is 1.61. The van der Waals surface area contributed by atoms with E-state index in [0.717, 1.165) is 6.42 Å². The van der Waals surface area contributed by atoms with Gasteiger partial charge in [-0.15, -0.1) is 5.23 Å². The Hall–Kier alpha value is -0.650. The van der Waals surface area contributed by atoms with Gasteiger partial charge < -0.3 is 9.05 Å². The normalized spacial score (nSPS) is 14.0. The predicted molar refractivity (Wildman–Crippen MR) is 74.2 cm³/mol. The van der Waals surface area contributed by atoms with Gasteiger partial charge in [0.2, 0.25) is 6.49 Å². The lowest BCUT2D eigenvalue weighted by molar-refractivity contribution is 0.0291. The summed E-state index contributed by atoms with van der Waals surface area (Å²) < 4.78 is 11.3. The van der Waals surface area contributed by atoms with Crippen molar-refractivity contribution in [2.45, 2.75) is 20.3 Å². The fraction of sp³-hybridized carbons (Fsp3) is 0.455. The van der Waals surface area contributed by atoms with Crippen molar-refractivity contribution in [3.8, 4) is 5.75 Å². The largest absolute Gasteiger partial charge is 0.443 e. The molecule has 0 aromatic heterocycles. The Kier molecular flexibility index (Phi) is 6.05. The summed E-state index contributed by atoms with van der Waals surface area (Å²) in [6, 6.07) is 6.30. The molecule has 0 fully saturated rings. The molecule has 0 saturated carbocycles. The smallest absolute Gasteiger partial charge is 0.238 e. The van der Waals surface area contributed by atoms with Gasteiger partial charge in [0.25, 0.3) is 0 Å². The Morgan fingerprint density at radius 1 is 1.22 bits per heavy atom. The molecule has 1 atom stereocenters. The second kappa shape index (κ2) is 7.07. The second-order valence-corrected chi connectivity index (χ2v) is 7.41. The quantitative estimate of drug-likeness (QED) is 0.593. The third-order valence-corrected chi connectivity index (χ3v) is 5.36. The molecular weight excluding hydrogens is 273 g/mol. The van der Waals surface area contributed by atoms with E-state index in [1.807, 2.05) is 13.8 Å². The van der Waals surface area contributed by atoms with E-state index < -0.39 is 6.49 Å². The summed E-state index contributed by atoms with van der Waals surface area (Å²) in [4.78, 5) is 0. The Morgan fingerprint density at radius 3 is 2.28 bits per heavy atom. The van der Waals surface area contributed by atoms with Gasteiger partial charge in [-0.3, -0.25) is 10.4 Å². The lowest BCUT2D eigenvalue weighted by Gasteiger charge is -2.22. The summed E-state index contributed by atoms with van der Waals surface area (Å²) in [5.41, 5.74) is 0.252. The van der Waals surface area contributed by atoms with Crippen LogP contribution in [0.3, 0.4) is 0 Å². The summed E-state index contributed by atoms with van der Waals surface area (Å²) >= 11 is 5.42. The van der Waals surface area contributed by atoms with E-state index >= 15 is 0 Å². The van der Waals surface area contributed by atoms with Gasteiger partial charge in [0.1, 0.15) is 5.75 Å². The molecule has 0 saturated heterocycles. The molecule has 1 aromatic rings. The Bertz CT molecular complexity index is 400. The average Bonchev–Trinajstić information content (AvgIpc) is 2.30. The van der Waals surface area contributed by atoms with Crippen molar-refractivity contribution < 1.29 is 19.5 Å². The zero-order valence-electron chi connectivity index (χ0n) is 10.4. The summed E-state index contributed by atoms with van der Waals surface area (Å²) in [5, 5.41) is 17.7. The van der Waals surface area contributed by atoms with E-state index in [1.54, 1.807) is 12.1 Å². The van der Waals surface area contributed by atoms with Crippen LogP contribution in [0.15, 0.2) is 24.3 Å². The average molecular weight is 291 g/mol.